The van der Waals surface area contributed by atoms with Crippen LogP contribution in [0.1, 0.15) is 11.1 Å². The van der Waals surface area contributed by atoms with Gasteiger partial charge < -0.3 is 5.11 Å². The maximum absolute atomic E-state index is 13.0. The minimum Gasteiger partial charge on any atom is -0.507 e. The van der Waals surface area contributed by atoms with Gasteiger partial charge in [-0.05, 0) is 23.8 Å². The molecule has 0 aliphatic heterocycles. The Balaban J connectivity index is 2.74. The van der Waals surface area contributed by atoms with E-state index in [4.69, 9.17) is 5.26 Å². The first-order valence-electron chi connectivity index (χ1n) is 5.29. The lowest BCUT2D eigenvalue weighted by molar-refractivity contribution is -0.138. The van der Waals surface area contributed by atoms with Gasteiger partial charge in [0, 0.05) is 17.8 Å². The summed E-state index contributed by atoms with van der Waals surface area (Å²) in [5.74, 6) is -1.96. The van der Waals surface area contributed by atoms with Gasteiger partial charge in [-0.25, -0.2) is 4.98 Å². The van der Waals surface area contributed by atoms with Crippen molar-refractivity contribution in [1.29, 1.82) is 5.26 Å². The minimum absolute atomic E-state index is 0.00222. The van der Waals surface area contributed by atoms with E-state index < -0.39 is 23.4 Å². The van der Waals surface area contributed by atoms with E-state index in [2.05, 4.69) is 4.98 Å². The van der Waals surface area contributed by atoms with Crippen molar-refractivity contribution in [2.75, 3.05) is 0 Å². The molecule has 0 aliphatic carbocycles. The Bertz CT molecular complexity index is 704. The molecule has 0 amide bonds. The van der Waals surface area contributed by atoms with Crippen LogP contribution in [0.3, 0.4) is 0 Å². The van der Waals surface area contributed by atoms with Crippen molar-refractivity contribution in [3.05, 3.63) is 47.5 Å². The van der Waals surface area contributed by atoms with Gasteiger partial charge in [-0.2, -0.15) is 22.8 Å². The van der Waals surface area contributed by atoms with Gasteiger partial charge in [0.2, 0.25) is 5.95 Å². The topological polar surface area (TPSA) is 56.9 Å². The number of aromatic nitrogens is 1. The number of rotatable bonds is 1. The zero-order valence-corrected chi connectivity index (χ0v) is 9.74. The molecule has 3 nitrogen and oxygen atoms in total. The van der Waals surface area contributed by atoms with Crippen LogP contribution in [0, 0.1) is 17.3 Å². The van der Waals surface area contributed by atoms with Crippen molar-refractivity contribution >= 4 is 0 Å². The minimum atomic E-state index is -4.82. The first-order chi connectivity index (χ1) is 9.32. The molecule has 0 bridgehead atoms. The predicted octanol–water partition coefficient (Wildman–Crippen LogP) is 3.48. The molecule has 0 unspecified atom stereocenters. The number of nitrogens with zero attached hydrogens (tertiary/aromatic N) is 2. The van der Waals surface area contributed by atoms with Crippen LogP contribution >= 0.6 is 0 Å². The molecule has 0 spiro atoms. The normalized spacial score (nSPS) is 11.2. The Morgan fingerprint density at radius 3 is 2.45 bits per heavy atom. The number of phenolic OH excluding ortho intramolecular Hbond substituents is 1. The molecule has 0 saturated carbocycles. The fourth-order valence-electron chi connectivity index (χ4n) is 1.71. The molecule has 0 atom stereocenters. The second-order valence-electron chi connectivity index (χ2n) is 3.90. The summed E-state index contributed by atoms with van der Waals surface area (Å²) in [6, 6.07) is 5.27. The third-order valence-corrected chi connectivity index (χ3v) is 2.58. The van der Waals surface area contributed by atoms with E-state index in [9.17, 15) is 22.7 Å². The first-order valence-corrected chi connectivity index (χ1v) is 5.29. The monoisotopic (exact) mass is 282 g/mol. The summed E-state index contributed by atoms with van der Waals surface area (Å²) in [6.45, 7) is 0. The summed E-state index contributed by atoms with van der Waals surface area (Å²) in [5, 5.41) is 18.5. The van der Waals surface area contributed by atoms with Gasteiger partial charge in [-0.3, -0.25) is 0 Å². The van der Waals surface area contributed by atoms with Gasteiger partial charge in [0.25, 0.3) is 0 Å². The standard InChI is InChI=1S/C13H6F4N2O/c14-11-5-8(1-2-19-11)9-3-7(6-18)4-10(12(9)20)13(15,16)17/h1-5,20H. The van der Waals surface area contributed by atoms with Crippen LogP contribution in [-0.4, -0.2) is 10.1 Å². The largest absolute Gasteiger partial charge is 0.507 e. The SMILES string of the molecule is N#Cc1cc(-c2ccnc(F)c2)c(O)c(C(F)(F)F)c1. The lowest BCUT2D eigenvalue weighted by Gasteiger charge is -2.13. The van der Waals surface area contributed by atoms with E-state index in [-0.39, 0.29) is 16.7 Å². The van der Waals surface area contributed by atoms with Crippen LogP contribution in [0.2, 0.25) is 0 Å². The maximum atomic E-state index is 13.0. The second kappa shape index (κ2) is 4.81. The predicted molar refractivity (Wildman–Crippen MR) is 61.0 cm³/mol. The Morgan fingerprint density at radius 2 is 1.90 bits per heavy atom. The molecule has 1 N–H and O–H groups in total. The smallest absolute Gasteiger partial charge is 0.420 e. The van der Waals surface area contributed by atoms with Crippen LogP contribution in [0.4, 0.5) is 17.6 Å². The van der Waals surface area contributed by atoms with Crippen molar-refractivity contribution in [1.82, 2.24) is 4.98 Å². The molecule has 7 heteroatoms. The second-order valence-corrected chi connectivity index (χ2v) is 3.90. The number of aromatic hydroxyl groups is 1. The van der Waals surface area contributed by atoms with E-state index in [1.807, 2.05) is 0 Å². The van der Waals surface area contributed by atoms with E-state index >= 15 is 0 Å². The van der Waals surface area contributed by atoms with Gasteiger partial charge in [0.15, 0.2) is 0 Å². The molecule has 0 radical (unpaired) electrons. The Hall–Kier alpha value is -2.62. The molecule has 2 aromatic rings. The highest BCUT2D eigenvalue weighted by Crippen LogP contribution is 2.42. The summed E-state index contributed by atoms with van der Waals surface area (Å²) in [6.07, 6.45) is -3.77. The number of halogens is 4. The number of pyridine rings is 1. The van der Waals surface area contributed by atoms with Crippen LogP contribution in [0.25, 0.3) is 11.1 Å². The van der Waals surface area contributed by atoms with Crippen LogP contribution in [0.15, 0.2) is 30.5 Å². The molecule has 0 aliphatic rings. The summed E-state index contributed by atoms with van der Waals surface area (Å²) in [4.78, 5) is 3.27. The average molecular weight is 282 g/mol. The van der Waals surface area contributed by atoms with Gasteiger partial charge in [0.1, 0.15) is 5.75 Å². The molecule has 2 rings (SSSR count). The van der Waals surface area contributed by atoms with Crippen molar-refractivity contribution in [3.8, 4) is 22.9 Å². The Labute approximate surface area is 110 Å². The fourth-order valence-corrected chi connectivity index (χ4v) is 1.71. The number of alkyl halides is 3. The Kier molecular flexibility index (Phi) is 3.32. The highest BCUT2D eigenvalue weighted by atomic mass is 19.4. The quantitative estimate of drug-likeness (QED) is 0.643. The number of phenols is 1. The summed E-state index contributed by atoms with van der Waals surface area (Å²) >= 11 is 0. The number of benzene rings is 1. The highest BCUT2D eigenvalue weighted by Gasteiger charge is 2.35. The molecule has 1 aromatic carbocycles. The lowest BCUT2D eigenvalue weighted by atomic mass is 9.99. The molecule has 20 heavy (non-hydrogen) atoms. The third kappa shape index (κ3) is 2.54. The molecule has 1 heterocycles. The fraction of sp³-hybridized carbons (Fsp3) is 0.0769. The molecular weight excluding hydrogens is 276 g/mol. The molecule has 1 aromatic heterocycles. The highest BCUT2D eigenvalue weighted by molar-refractivity contribution is 5.73. The zero-order chi connectivity index (χ0) is 14.9. The van der Waals surface area contributed by atoms with E-state index in [1.165, 1.54) is 6.07 Å². The van der Waals surface area contributed by atoms with Gasteiger partial charge >= 0.3 is 6.18 Å². The number of nitriles is 1. The zero-order valence-electron chi connectivity index (χ0n) is 9.74. The summed E-state index contributed by atoms with van der Waals surface area (Å²) < 4.78 is 51.4. The van der Waals surface area contributed by atoms with Crippen molar-refractivity contribution in [2.24, 2.45) is 0 Å². The molecule has 0 fully saturated rings. The number of hydrogen-bond acceptors (Lipinski definition) is 3. The molecule has 0 saturated heterocycles. The van der Waals surface area contributed by atoms with E-state index in [1.54, 1.807) is 6.07 Å². The first kappa shape index (κ1) is 13.8. The summed E-state index contributed by atoms with van der Waals surface area (Å²) in [7, 11) is 0. The van der Waals surface area contributed by atoms with Gasteiger partial charge in [0.05, 0.1) is 17.2 Å². The van der Waals surface area contributed by atoms with Crippen LogP contribution < -0.4 is 0 Å². The molecule has 102 valence electrons. The third-order valence-electron chi connectivity index (χ3n) is 2.58. The van der Waals surface area contributed by atoms with Gasteiger partial charge in [-0.15, -0.1) is 0 Å². The summed E-state index contributed by atoms with van der Waals surface area (Å²) in [5.41, 5.74) is -1.92. The van der Waals surface area contributed by atoms with Crippen molar-refractivity contribution < 1.29 is 22.7 Å². The molecular formula is C13H6F4N2O. The number of hydrogen-bond donors (Lipinski definition) is 1. The van der Waals surface area contributed by atoms with Gasteiger partial charge in [-0.1, -0.05) is 0 Å². The Morgan fingerprint density at radius 1 is 1.20 bits per heavy atom. The van der Waals surface area contributed by atoms with Crippen LogP contribution in [-0.2, 0) is 6.18 Å². The van der Waals surface area contributed by atoms with Crippen molar-refractivity contribution in [3.63, 3.8) is 0 Å². The average Bonchev–Trinajstić information content (AvgIpc) is 2.37. The maximum Gasteiger partial charge on any atom is 0.420 e. The van der Waals surface area contributed by atoms with E-state index in [0.29, 0.717) is 6.07 Å². The van der Waals surface area contributed by atoms with Crippen molar-refractivity contribution in [2.45, 2.75) is 6.18 Å². The van der Waals surface area contributed by atoms with Crippen LogP contribution in [0.5, 0.6) is 5.75 Å². The van der Waals surface area contributed by atoms with E-state index in [0.717, 1.165) is 18.3 Å². The lowest BCUT2D eigenvalue weighted by Crippen LogP contribution is -2.06.